The van der Waals surface area contributed by atoms with Crippen LogP contribution >= 0.6 is 0 Å². The number of methoxy groups -OCH3 is 1. The molecule has 2 rings (SSSR count). The number of unbranched alkanes of at least 4 members (excludes halogenated alkanes) is 2. The molecule has 7 heteroatoms. The van der Waals surface area contributed by atoms with Crippen molar-refractivity contribution in [3.05, 3.63) is 29.8 Å². The van der Waals surface area contributed by atoms with Gasteiger partial charge in [0.2, 0.25) is 0 Å². The highest BCUT2D eigenvalue weighted by Gasteiger charge is 2.51. The van der Waals surface area contributed by atoms with E-state index < -0.39 is 12.7 Å². The summed E-state index contributed by atoms with van der Waals surface area (Å²) in [7, 11) is 1.28. The highest BCUT2D eigenvalue weighted by molar-refractivity contribution is 6.62. The number of hydrogen-bond donors (Lipinski definition) is 0. The number of benzene rings is 1. The summed E-state index contributed by atoms with van der Waals surface area (Å²) in [6.45, 7) is 17.0. The number of carbonyl (C=O) groups is 1. The van der Waals surface area contributed by atoms with E-state index in [2.05, 4.69) is 34.6 Å². The Kier molecular flexibility index (Phi) is 9.43. The maximum absolute atomic E-state index is 13.1. The normalized spacial score (nSPS) is 18.3. The Balaban J connectivity index is 2.19. The Bertz CT molecular complexity index is 741. The van der Waals surface area contributed by atoms with E-state index in [1.807, 2.05) is 49.9 Å². The average molecular weight is 461 g/mol. The van der Waals surface area contributed by atoms with E-state index in [1.54, 1.807) is 7.11 Å². The standard InChI is InChI=1S/C26H44BNO5/c1-10-11-12-13-22(19-30-9)28(23(29)31-24(2,3)4)18-20-14-16-21(17-15-20)27-32-25(5,6)26(7,8)33-27/h14-17,22H,10-13,18-19H2,1-9H3/t22-/m1/s1. The fraction of sp³-hybridized carbons (Fsp3) is 0.731. The van der Waals surface area contributed by atoms with Crippen LogP contribution < -0.4 is 5.46 Å². The number of amides is 1. The van der Waals surface area contributed by atoms with E-state index in [-0.39, 0.29) is 23.3 Å². The van der Waals surface area contributed by atoms with Crippen molar-refractivity contribution in [1.82, 2.24) is 4.90 Å². The summed E-state index contributed by atoms with van der Waals surface area (Å²) in [5, 5.41) is 0. The molecule has 1 fully saturated rings. The van der Waals surface area contributed by atoms with Gasteiger partial charge < -0.3 is 18.8 Å². The van der Waals surface area contributed by atoms with Gasteiger partial charge in [0.1, 0.15) is 5.60 Å². The smallest absolute Gasteiger partial charge is 0.444 e. The zero-order chi connectivity index (χ0) is 24.9. The molecule has 0 spiro atoms. The SMILES string of the molecule is CCCCC[C@H](COC)N(Cc1ccc(B2OC(C)(C)C(C)(C)O2)cc1)C(=O)OC(C)(C)C. The number of rotatable bonds is 10. The van der Waals surface area contributed by atoms with Gasteiger partial charge in [0.05, 0.1) is 23.9 Å². The van der Waals surface area contributed by atoms with Gasteiger partial charge in [0.15, 0.2) is 0 Å². The molecular weight excluding hydrogens is 417 g/mol. The lowest BCUT2D eigenvalue weighted by atomic mass is 9.79. The third-order valence-electron chi connectivity index (χ3n) is 6.43. The highest BCUT2D eigenvalue weighted by Crippen LogP contribution is 2.36. The number of ether oxygens (including phenoxy) is 2. The van der Waals surface area contributed by atoms with Crippen LogP contribution in [0.5, 0.6) is 0 Å². The van der Waals surface area contributed by atoms with Gasteiger partial charge in [-0.05, 0) is 65.9 Å². The number of nitrogens with zero attached hydrogens (tertiary/aromatic N) is 1. The molecule has 1 aliphatic heterocycles. The fourth-order valence-corrected chi connectivity index (χ4v) is 3.77. The lowest BCUT2D eigenvalue weighted by molar-refractivity contribution is 0.00169. The third kappa shape index (κ3) is 7.73. The van der Waals surface area contributed by atoms with E-state index in [0.29, 0.717) is 13.2 Å². The Morgan fingerprint density at radius 3 is 2.12 bits per heavy atom. The van der Waals surface area contributed by atoms with Gasteiger partial charge in [-0.15, -0.1) is 0 Å². The summed E-state index contributed by atoms with van der Waals surface area (Å²) in [5.74, 6) is 0. The first-order valence-electron chi connectivity index (χ1n) is 12.2. The van der Waals surface area contributed by atoms with Gasteiger partial charge in [-0.2, -0.15) is 0 Å². The summed E-state index contributed by atoms with van der Waals surface area (Å²) in [4.78, 5) is 15.0. The minimum atomic E-state index is -0.559. The molecule has 1 aromatic carbocycles. The second-order valence-electron chi connectivity index (χ2n) is 11.0. The molecule has 0 aromatic heterocycles. The number of carbonyl (C=O) groups excluding carboxylic acids is 1. The minimum Gasteiger partial charge on any atom is -0.444 e. The Morgan fingerprint density at radius 2 is 1.64 bits per heavy atom. The summed E-state index contributed by atoms with van der Waals surface area (Å²) < 4.78 is 23.6. The predicted molar refractivity (Wildman–Crippen MR) is 134 cm³/mol. The van der Waals surface area contributed by atoms with Crippen LogP contribution in [-0.4, -0.2) is 54.7 Å². The molecule has 1 heterocycles. The maximum atomic E-state index is 13.1. The first kappa shape index (κ1) is 27.7. The van der Waals surface area contributed by atoms with Crippen LogP contribution in [0.25, 0.3) is 0 Å². The molecule has 0 unspecified atom stereocenters. The van der Waals surface area contributed by atoms with Crippen LogP contribution in [0.1, 0.15) is 86.6 Å². The summed E-state index contributed by atoms with van der Waals surface area (Å²) >= 11 is 0. The average Bonchev–Trinajstić information content (AvgIpc) is 2.92. The van der Waals surface area contributed by atoms with Crippen molar-refractivity contribution in [1.29, 1.82) is 0 Å². The van der Waals surface area contributed by atoms with Crippen molar-refractivity contribution >= 4 is 18.7 Å². The van der Waals surface area contributed by atoms with Gasteiger partial charge in [0.25, 0.3) is 0 Å². The van der Waals surface area contributed by atoms with E-state index in [4.69, 9.17) is 18.8 Å². The molecule has 1 saturated heterocycles. The second-order valence-corrected chi connectivity index (χ2v) is 11.0. The molecule has 6 nitrogen and oxygen atoms in total. The molecule has 33 heavy (non-hydrogen) atoms. The molecule has 0 saturated carbocycles. The van der Waals surface area contributed by atoms with E-state index in [0.717, 1.165) is 36.7 Å². The quantitative estimate of drug-likeness (QED) is 0.349. The Labute approximate surface area is 201 Å². The zero-order valence-electron chi connectivity index (χ0n) is 22.2. The van der Waals surface area contributed by atoms with Crippen LogP contribution in [0, 0.1) is 0 Å². The molecule has 0 bridgehead atoms. The first-order valence-corrected chi connectivity index (χ1v) is 12.2. The van der Waals surface area contributed by atoms with E-state index in [9.17, 15) is 4.79 Å². The van der Waals surface area contributed by atoms with Crippen molar-refractivity contribution in [3.8, 4) is 0 Å². The van der Waals surface area contributed by atoms with Gasteiger partial charge >= 0.3 is 13.2 Å². The topological polar surface area (TPSA) is 57.2 Å². The maximum Gasteiger partial charge on any atom is 0.494 e. The van der Waals surface area contributed by atoms with Gasteiger partial charge in [-0.3, -0.25) is 4.90 Å². The van der Waals surface area contributed by atoms with Crippen LogP contribution in [0.15, 0.2) is 24.3 Å². The fourth-order valence-electron chi connectivity index (χ4n) is 3.77. The van der Waals surface area contributed by atoms with Crippen molar-refractivity contribution in [3.63, 3.8) is 0 Å². The van der Waals surface area contributed by atoms with Crippen LogP contribution in [0.4, 0.5) is 4.79 Å². The van der Waals surface area contributed by atoms with Crippen molar-refractivity contribution in [2.75, 3.05) is 13.7 Å². The third-order valence-corrected chi connectivity index (χ3v) is 6.43. The lowest BCUT2D eigenvalue weighted by Gasteiger charge is -2.33. The zero-order valence-corrected chi connectivity index (χ0v) is 22.2. The van der Waals surface area contributed by atoms with Gasteiger partial charge in [-0.1, -0.05) is 50.5 Å². The summed E-state index contributed by atoms with van der Waals surface area (Å²) in [6.07, 6.45) is 3.88. The van der Waals surface area contributed by atoms with Crippen molar-refractivity contribution < 1.29 is 23.6 Å². The molecule has 0 N–H and O–H groups in total. The summed E-state index contributed by atoms with van der Waals surface area (Å²) in [5.41, 5.74) is 0.679. The van der Waals surface area contributed by atoms with E-state index in [1.165, 1.54) is 0 Å². The molecule has 1 amide bonds. The van der Waals surface area contributed by atoms with Crippen LogP contribution in [-0.2, 0) is 25.3 Å². The highest BCUT2D eigenvalue weighted by atomic mass is 16.7. The lowest BCUT2D eigenvalue weighted by Crippen LogP contribution is -2.45. The monoisotopic (exact) mass is 461 g/mol. The Morgan fingerprint density at radius 1 is 1.06 bits per heavy atom. The largest absolute Gasteiger partial charge is 0.494 e. The van der Waals surface area contributed by atoms with Gasteiger partial charge in [0, 0.05) is 13.7 Å². The first-order chi connectivity index (χ1) is 15.3. The number of hydrogen-bond acceptors (Lipinski definition) is 5. The molecule has 0 aliphatic carbocycles. The Hall–Kier alpha value is -1.57. The molecule has 1 aliphatic rings. The van der Waals surface area contributed by atoms with Crippen molar-refractivity contribution in [2.24, 2.45) is 0 Å². The summed E-state index contributed by atoms with van der Waals surface area (Å²) in [6, 6.07) is 8.07. The van der Waals surface area contributed by atoms with Crippen molar-refractivity contribution in [2.45, 2.75) is 110 Å². The molecule has 1 atom stereocenters. The second kappa shape index (κ2) is 11.2. The molecule has 0 radical (unpaired) electrons. The van der Waals surface area contributed by atoms with Crippen LogP contribution in [0.2, 0.25) is 0 Å². The van der Waals surface area contributed by atoms with Crippen LogP contribution in [0.3, 0.4) is 0 Å². The predicted octanol–water partition coefficient (Wildman–Crippen LogP) is 5.32. The molecule has 186 valence electrons. The molecular formula is C26H44BNO5. The minimum absolute atomic E-state index is 0.0424. The van der Waals surface area contributed by atoms with Gasteiger partial charge in [-0.25, -0.2) is 4.79 Å². The van der Waals surface area contributed by atoms with E-state index >= 15 is 0 Å². The molecule has 1 aromatic rings.